The molecule has 1 aliphatic heterocycles. The average Bonchev–Trinajstić information content (AvgIpc) is 3.30. The van der Waals surface area contributed by atoms with Crippen molar-refractivity contribution < 1.29 is 72.5 Å². The van der Waals surface area contributed by atoms with Crippen molar-refractivity contribution in [2.75, 3.05) is 46.1 Å². The van der Waals surface area contributed by atoms with E-state index in [-0.39, 0.29) is 48.7 Å². The molecule has 17 nitrogen and oxygen atoms in total. The first kappa shape index (κ1) is 53.5. The monoisotopic (exact) mass is 962 g/mol. The molecule has 378 valence electrons. The minimum absolute atomic E-state index is 0.0128. The molecule has 11 atom stereocenters. The normalized spacial score (nSPS) is 30.0. The first-order valence-corrected chi connectivity index (χ1v) is 24.0. The fourth-order valence-electron chi connectivity index (χ4n) is 11.0. The van der Waals surface area contributed by atoms with E-state index >= 15 is 4.79 Å². The fourth-order valence-corrected chi connectivity index (χ4v) is 11.0. The highest BCUT2D eigenvalue weighted by atomic mass is 16.6. The Balaban J connectivity index is 1.27. The maximum Gasteiger partial charge on any atom is 0.350 e. The molecule has 2 aromatic rings. The van der Waals surface area contributed by atoms with Crippen LogP contribution in [-0.4, -0.2) is 139 Å². The average molecular weight is 963 g/mol. The Morgan fingerprint density at radius 1 is 0.855 bits per heavy atom. The smallest absolute Gasteiger partial charge is 0.350 e. The Labute approximate surface area is 404 Å². The molecule has 2 bridgehead atoms. The second kappa shape index (κ2) is 22.5. The predicted molar refractivity (Wildman–Crippen MR) is 249 cm³/mol. The Hall–Kier alpha value is -4.88. The van der Waals surface area contributed by atoms with Gasteiger partial charge >= 0.3 is 17.9 Å². The first-order chi connectivity index (χ1) is 32.7. The number of hydrogen-bond donors (Lipinski definition) is 5. The number of amides is 1. The number of hydrogen-bond acceptors (Lipinski definition) is 16. The second-order valence-corrected chi connectivity index (χ2v) is 20.0. The number of esters is 3. The number of carbonyl (C=O) groups excluding carboxylic acids is 6. The molecular formula is C52H70N2O15. The van der Waals surface area contributed by atoms with Crippen molar-refractivity contribution in [3.05, 3.63) is 82.9 Å². The van der Waals surface area contributed by atoms with E-state index in [2.05, 4.69) is 10.6 Å². The molecule has 3 unspecified atom stereocenters. The van der Waals surface area contributed by atoms with E-state index in [1.165, 1.54) is 20.8 Å². The van der Waals surface area contributed by atoms with Gasteiger partial charge in [-0.1, -0.05) is 69.3 Å². The van der Waals surface area contributed by atoms with E-state index in [1.807, 2.05) is 6.92 Å². The van der Waals surface area contributed by atoms with Crippen LogP contribution < -0.4 is 10.6 Å². The topological polar surface area (TPSA) is 243 Å². The molecule has 1 saturated heterocycles. The van der Waals surface area contributed by atoms with Crippen LogP contribution in [-0.2, 0) is 52.4 Å². The molecule has 2 saturated carbocycles. The van der Waals surface area contributed by atoms with Gasteiger partial charge in [-0.2, -0.15) is 0 Å². The number of ketones is 2. The van der Waals surface area contributed by atoms with E-state index in [9.17, 15) is 39.3 Å². The molecular weight excluding hydrogens is 893 g/mol. The molecule has 17 heteroatoms. The quantitative estimate of drug-likeness (QED) is 0.0487. The van der Waals surface area contributed by atoms with Gasteiger partial charge in [0.15, 0.2) is 11.6 Å². The molecule has 69 heavy (non-hydrogen) atoms. The zero-order valence-corrected chi connectivity index (χ0v) is 40.8. The third-order valence-electron chi connectivity index (χ3n) is 14.9. The molecule has 1 amide bonds. The Morgan fingerprint density at radius 2 is 1.49 bits per heavy atom. The van der Waals surface area contributed by atoms with Gasteiger partial charge < -0.3 is 54.4 Å². The summed E-state index contributed by atoms with van der Waals surface area (Å²) in [5.74, 6) is -5.18. The van der Waals surface area contributed by atoms with Gasteiger partial charge in [0, 0.05) is 56.3 Å². The van der Waals surface area contributed by atoms with Crippen LogP contribution in [0.2, 0.25) is 0 Å². The van der Waals surface area contributed by atoms with E-state index in [0.29, 0.717) is 38.3 Å². The summed E-state index contributed by atoms with van der Waals surface area (Å²) in [7, 11) is 0. The van der Waals surface area contributed by atoms with Gasteiger partial charge in [-0.05, 0) is 81.8 Å². The number of unbranched alkanes of at least 4 members (excludes halogenated alkanes) is 2. The van der Waals surface area contributed by atoms with Crippen LogP contribution >= 0.6 is 0 Å². The van der Waals surface area contributed by atoms with Crippen molar-refractivity contribution in [3.63, 3.8) is 0 Å². The molecule has 6 rings (SSSR count). The molecule has 5 N–H and O–H groups in total. The summed E-state index contributed by atoms with van der Waals surface area (Å²) in [5.41, 5.74) is -5.62. The lowest BCUT2D eigenvalue weighted by Gasteiger charge is -2.68. The lowest BCUT2D eigenvalue weighted by molar-refractivity contribution is -0.313. The minimum Gasteiger partial charge on any atom is -0.455 e. The van der Waals surface area contributed by atoms with Gasteiger partial charge in [-0.15, -0.1) is 0 Å². The highest BCUT2D eigenvalue weighted by Gasteiger charge is 2.75. The number of rotatable bonds is 22. The van der Waals surface area contributed by atoms with Crippen LogP contribution in [0.25, 0.3) is 0 Å². The first-order valence-electron chi connectivity index (χ1n) is 24.0. The summed E-state index contributed by atoms with van der Waals surface area (Å²) < 4.78 is 35.5. The molecule has 0 aromatic heterocycles. The summed E-state index contributed by atoms with van der Waals surface area (Å²) in [4.78, 5) is 81.4. The van der Waals surface area contributed by atoms with Crippen LogP contribution in [0.15, 0.2) is 71.8 Å². The Bertz CT molecular complexity index is 2200. The van der Waals surface area contributed by atoms with E-state index in [4.69, 9.17) is 28.4 Å². The molecule has 0 spiro atoms. The zero-order valence-electron chi connectivity index (χ0n) is 40.8. The molecule has 3 aliphatic carbocycles. The number of benzene rings is 2. The number of carbonyl (C=O) groups is 6. The summed E-state index contributed by atoms with van der Waals surface area (Å²) in [6.45, 7) is 12.7. The van der Waals surface area contributed by atoms with Crippen molar-refractivity contribution >= 4 is 35.4 Å². The van der Waals surface area contributed by atoms with Crippen LogP contribution in [0.5, 0.6) is 0 Å². The number of fused-ring (bicyclic) bond motifs is 5. The predicted octanol–water partition coefficient (Wildman–Crippen LogP) is 3.90. The summed E-state index contributed by atoms with van der Waals surface area (Å²) in [5, 5.41) is 43.5. The fraction of sp³-hybridized carbons (Fsp3) is 0.615. The van der Waals surface area contributed by atoms with E-state index < -0.39 is 106 Å². The highest BCUT2D eigenvalue weighted by molar-refractivity contribution is 5.94. The lowest BCUT2D eigenvalue weighted by atomic mass is 9.42. The maximum absolute atomic E-state index is 15.0. The number of aliphatic hydroxyl groups is 3. The van der Waals surface area contributed by atoms with Gasteiger partial charge in [0.1, 0.15) is 36.6 Å². The van der Waals surface area contributed by atoms with Gasteiger partial charge in [0.05, 0.1) is 36.3 Å². The maximum atomic E-state index is 15.0. The summed E-state index contributed by atoms with van der Waals surface area (Å²) >= 11 is 0. The number of ether oxygens (including phenoxy) is 6. The Kier molecular flexibility index (Phi) is 17.4. The van der Waals surface area contributed by atoms with Gasteiger partial charge in [0.2, 0.25) is 12.0 Å². The van der Waals surface area contributed by atoms with Crippen LogP contribution in [0.4, 0.5) is 0 Å². The van der Waals surface area contributed by atoms with E-state index in [1.54, 1.807) is 81.4 Å². The van der Waals surface area contributed by atoms with Crippen LogP contribution in [0.3, 0.4) is 0 Å². The zero-order chi connectivity index (χ0) is 50.3. The van der Waals surface area contributed by atoms with Crippen molar-refractivity contribution in [1.29, 1.82) is 0 Å². The van der Waals surface area contributed by atoms with E-state index in [0.717, 1.165) is 19.3 Å². The van der Waals surface area contributed by atoms with Crippen LogP contribution in [0, 0.1) is 22.2 Å². The Morgan fingerprint density at radius 3 is 2.12 bits per heavy atom. The molecule has 1 heterocycles. The van der Waals surface area contributed by atoms with Crippen molar-refractivity contribution in [3.8, 4) is 0 Å². The van der Waals surface area contributed by atoms with Crippen molar-refractivity contribution in [2.45, 2.75) is 135 Å². The summed E-state index contributed by atoms with van der Waals surface area (Å²) in [6.07, 6.45) is -5.86. The lowest BCUT2D eigenvalue weighted by Crippen LogP contribution is -2.77. The minimum atomic E-state index is -2.20. The van der Waals surface area contributed by atoms with Crippen molar-refractivity contribution in [2.24, 2.45) is 22.2 Å². The molecule has 0 radical (unpaired) electrons. The number of Topliss-reactive ketones (excluding diaryl/α,β-unsaturated/α-hetero) is 2. The SMILES string of the molecule is CC(=O)COCCCCCOCCCNCC(=O)O[C@@H](C(=O)O[C@H]1C[C@@]2(O)[C@@H](OC(=O)c3ccccc3)C3C(C)(C(=O)[C@H](O)C(=C1C)C2(C)C)[C@@H](O)CC1OC[C@]13C)[C@@H](NC(C)=O)c1ccccc1. The van der Waals surface area contributed by atoms with Gasteiger partial charge in [-0.25, -0.2) is 9.59 Å². The molecule has 2 aromatic carbocycles. The number of aliphatic hydroxyl groups excluding tert-OH is 2. The van der Waals surface area contributed by atoms with Gasteiger partial charge in [0.25, 0.3) is 0 Å². The van der Waals surface area contributed by atoms with Crippen LogP contribution in [0.1, 0.15) is 109 Å². The molecule has 4 aliphatic rings. The highest BCUT2D eigenvalue weighted by Crippen LogP contribution is 2.65. The third-order valence-corrected chi connectivity index (χ3v) is 14.9. The second-order valence-electron chi connectivity index (χ2n) is 20.0. The van der Waals surface area contributed by atoms with Gasteiger partial charge in [-0.3, -0.25) is 19.2 Å². The van der Waals surface area contributed by atoms with Crippen molar-refractivity contribution in [1.82, 2.24) is 10.6 Å². The summed E-state index contributed by atoms with van der Waals surface area (Å²) in [6, 6.07) is 15.3. The number of nitrogens with one attached hydrogen (secondary N) is 2. The third kappa shape index (κ3) is 11.2. The molecule has 3 fully saturated rings. The largest absolute Gasteiger partial charge is 0.455 e. The standard InChI is InChI=1S/C52H70N2O15/c1-31(55)29-65-24-16-10-15-23-64-25-17-22-53-28-39(58)68-43(41(54-33(3)56)34-18-11-8-12-19-34)48(62)67-36-27-52(63)46(69-47(61)35-20-13-9-14-21-35)44-50(6)30-66-38(50)26-37(57)51(44,7)45(60)42(59)40(32(36)2)49(52,4)5/h8-9,11-14,18-21,36-38,41-44,46,53,57,59,63H,10,15-17,22-30H2,1-7H3,(H,54,56)/t36-,37-,38?,41-,42+,43+,44?,46-,50+,51?,52+/m0/s1.